The van der Waals surface area contributed by atoms with Crippen LogP contribution < -0.4 is 20.1 Å². The van der Waals surface area contributed by atoms with E-state index in [1.54, 1.807) is 18.3 Å². The van der Waals surface area contributed by atoms with Crippen LogP contribution in [0.4, 0.5) is 10.2 Å². The molecule has 5 rings (SSSR count). The standard InChI is InChI=1S/C25H23FN6O3.H2S/c1-14(16-4-3-5-17-22(24(33)27-2)18(26)12-29-23(16)17)10-28-21-9-19(31-13-32-21)15-8-20-25(30-11-15)35-7-6-34-20;/h3-5,8-9,11-14H,6-7,10H2,1-2H3,(H,27,33)(H,28,31,32);1H2/t14-;/m1./s1. The van der Waals surface area contributed by atoms with Gasteiger partial charge in [0.2, 0.25) is 0 Å². The predicted molar refractivity (Wildman–Crippen MR) is 139 cm³/mol. The minimum absolute atomic E-state index is 0. The Kier molecular flexibility index (Phi) is 7.49. The number of amides is 1. The van der Waals surface area contributed by atoms with Crippen LogP contribution in [0.3, 0.4) is 0 Å². The first-order valence-corrected chi connectivity index (χ1v) is 11.2. The molecule has 0 bridgehead atoms. The summed E-state index contributed by atoms with van der Waals surface area (Å²) in [4.78, 5) is 29.5. The number of para-hydroxylation sites is 1. The molecule has 9 nitrogen and oxygen atoms in total. The lowest BCUT2D eigenvalue weighted by Crippen LogP contribution is -2.20. The van der Waals surface area contributed by atoms with Crippen molar-refractivity contribution in [3.8, 4) is 22.9 Å². The highest BCUT2D eigenvalue weighted by Gasteiger charge is 2.19. The van der Waals surface area contributed by atoms with Gasteiger partial charge in [0.25, 0.3) is 11.8 Å². The summed E-state index contributed by atoms with van der Waals surface area (Å²) in [5, 5.41) is 6.30. The molecule has 1 aromatic carbocycles. The lowest BCUT2D eigenvalue weighted by molar-refractivity contribution is 0.0960. The largest absolute Gasteiger partial charge is 0.484 e. The molecule has 0 radical (unpaired) electrons. The molecule has 1 aliphatic heterocycles. The lowest BCUT2D eigenvalue weighted by Gasteiger charge is -2.18. The summed E-state index contributed by atoms with van der Waals surface area (Å²) in [6.45, 7) is 3.52. The van der Waals surface area contributed by atoms with Crippen LogP contribution >= 0.6 is 13.5 Å². The van der Waals surface area contributed by atoms with Crippen molar-refractivity contribution in [3.63, 3.8) is 0 Å². The van der Waals surface area contributed by atoms with Gasteiger partial charge >= 0.3 is 0 Å². The van der Waals surface area contributed by atoms with E-state index in [-0.39, 0.29) is 25.0 Å². The number of aromatic nitrogens is 4. The number of nitrogens with zero attached hydrogens (tertiary/aromatic N) is 4. The number of carbonyl (C=O) groups is 1. The fraction of sp³-hybridized carbons (Fsp3) is 0.240. The second-order valence-electron chi connectivity index (χ2n) is 8.10. The molecule has 4 heterocycles. The topological polar surface area (TPSA) is 111 Å². The molecule has 3 aromatic heterocycles. The molecule has 0 aliphatic carbocycles. The Morgan fingerprint density at radius 1 is 1.11 bits per heavy atom. The smallest absolute Gasteiger partial charge is 0.257 e. The third kappa shape index (κ3) is 4.87. The monoisotopic (exact) mass is 508 g/mol. The average Bonchev–Trinajstić information content (AvgIpc) is 2.90. The number of pyridine rings is 2. The van der Waals surface area contributed by atoms with Crippen molar-refractivity contribution in [1.82, 2.24) is 25.3 Å². The maximum atomic E-state index is 14.4. The summed E-state index contributed by atoms with van der Waals surface area (Å²) in [6, 6.07) is 9.12. The molecule has 186 valence electrons. The first kappa shape index (κ1) is 25.1. The minimum Gasteiger partial charge on any atom is -0.484 e. The molecule has 2 N–H and O–H groups in total. The molecule has 11 heteroatoms. The van der Waals surface area contributed by atoms with Crippen LogP contribution in [0.15, 0.2) is 49.1 Å². The average molecular weight is 509 g/mol. The highest BCUT2D eigenvalue weighted by atomic mass is 32.1. The molecule has 1 amide bonds. The van der Waals surface area contributed by atoms with Crippen molar-refractivity contribution in [1.29, 1.82) is 0 Å². The number of fused-ring (bicyclic) bond motifs is 2. The van der Waals surface area contributed by atoms with Gasteiger partial charge in [0.05, 0.1) is 23.0 Å². The van der Waals surface area contributed by atoms with E-state index in [4.69, 9.17) is 9.47 Å². The number of carbonyl (C=O) groups excluding carboxylic acids is 1. The Hall–Kier alpha value is -3.99. The van der Waals surface area contributed by atoms with Gasteiger partial charge in [-0.15, -0.1) is 0 Å². The molecule has 1 aliphatic rings. The highest BCUT2D eigenvalue weighted by molar-refractivity contribution is 7.59. The van der Waals surface area contributed by atoms with E-state index in [0.717, 1.165) is 17.3 Å². The SMILES string of the molecule is CNC(=O)c1c(F)cnc2c([C@H](C)CNc3cc(-c4cnc5c(c4)OCCO5)ncn3)cccc12.S. The van der Waals surface area contributed by atoms with Gasteiger partial charge in [-0.05, 0) is 11.6 Å². The normalized spacial score (nSPS) is 13.0. The van der Waals surface area contributed by atoms with Gasteiger partial charge in [0, 0.05) is 42.7 Å². The van der Waals surface area contributed by atoms with E-state index >= 15 is 0 Å². The van der Waals surface area contributed by atoms with Gasteiger partial charge in [-0.1, -0.05) is 25.1 Å². The van der Waals surface area contributed by atoms with Crippen LogP contribution in [0.25, 0.3) is 22.2 Å². The Labute approximate surface area is 214 Å². The zero-order chi connectivity index (χ0) is 24.4. The first-order chi connectivity index (χ1) is 17.0. The van der Waals surface area contributed by atoms with Crippen LogP contribution in [0.2, 0.25) is 0 Å². The van der Waals surface area contributed by atoms with E-state index < -0.39 is 11.7 Å². The third-order valence-corrected chi connectivity index (χ3v) is 5.82. The fourth-order valence-corrected chi connectivity index (χ4v) is 4.03. The van der Waals surface area contributed by atoms with Crippen LogP contribution in [0.5, 0.6) is 11.6 Å². The number of benzene rings is 1. The number of nitrogens with one attached hydrogen (secondary N) is 2. The summed E-state index contributed by atoms with van der Waals surface area (Å²) in [6.07, 6.45) is 4.26. The molecule has 0 unspecified atom stereocenters. The Balaban J connectivity index is 0.00000304. The van der Waals surface area contributed by atoms with E-state index in [9.17, 15) is 9.18 Å². The Bertz CT molecular complexity index is 1420. The molecule has 0 fully saturated rings. The van der Waals surface area contributed by atoms with Crippen molar-refractivity contribution in [2.75, 3.05) is 32.1 Å². The summed E-state index contributed by atoms with van der Waals surface area (Å²) >= 11 is 0. The predicted octanol–water partition coefficient (Wildman–Crippen LogP) is 3.69. The summed E-state index contributed by atoms with van der Waals surface area (Å²) < 4.78 is 25.5. The number of anilines is 1. The molecule has 4 aromatic rings. The van der Waals surface area contributed by atoms with Crippen LogP contribution in [0, 0.1) is 5.82 Å². The molecule has 0 saturated carbocycles. The lowest BCUT2D eigenvalue weighted by atomic mass is 9.96. The van der Waals surface area contributed by atoms with Gasteiger partial charge in [0.15, 0.2) is 11.6 Å². The Morgan fingerprint density at radius 2 is 1.94 bits per heavy atom. The number of ether oxygens (including phenoxy) is 2. The Morgan fingerprint density at radius 3 is 2.78 bits per heavy atom. The summed E-state index contributed by atoms with van der Waals surface area (Å²) in [5.41, 5.74) is 2.96. The van der Waals surface area contributed by atoms with Gasteiger partial charge in [0.1, 0.15) is 25.4 Å². The second-order valence-corrected chi connectivity index (χ2v) is 8.10. The zero-order valence-corrected chi connectivity index (χ0v) is 20.7. The van der Waals surface area contributed by atoms with Crippen molar-refractivity contribution in [2.24, 2.45) is 0 Å². The molecule has 0 spiro atoms. The van der Waals surface area contributed by atoms with Gasteiger partial charge < -0.3 is 20.1 Å². The van der Waals surface area contributed by atoms with Crippen molar-refractivity contribution < 1.29 is 18.7 Å². The van der Waals surface area contributed by atoms with E-state index in [2.05, 4.69) is 30.6 Å². The van der Waals surface area contributed by atoms with Gasteiger partial charge in [-0.25, -0.2) is 19.3 Å². The van der Waals surface area contributed by atoms with Crippen LogP contribution in [-0.4, -0.2) is 52.6 Å². The fourth-order valence-electron chi connectivity index (χ4n) is 4.03. The number of hydrogen-bond donors (Lipinski definition) is 2. The minimum atomic E-state index is -0.651. The summed E-state index contributed by atoms with van der Waals surface area (Å²) in [5.74, 6) is 0.559. The number of rotatable bonds is 6. The zero-order valence-electron chi connectivity index (χ0n) is 19.7. The number of hydrogen-bond acceptors (Lipinski definition) is 8. The highest BCUT2D eigenvalue weighted by Crippen LogP contribution is 2.32. The van der Waals surface area contributed by atoms with Crippen molar-refractivity contribution in [3.05, 3.63) is 66.0 Å². The van der Waals surface area contributed by atoms with E-state index in [0.29, 0.717) is 53.8 Å². The third-order valence-electron chi connectivity index (χ3n) is 5.82. The van der Waals surface area contributed by atoms with Crippen molar-refractivity contribution in [2.45, 2.75) is 12.8 Å². The summed E-state index contributed by atoms with van der Waals surface area (Å²) in [7, 11) is 1.47. The molecule has 0 saturated heterocycles. The van der Waals surface area contributed by atoms with E-state index in [1.165, 1.54) is 13.4 Å². The molecular weight excluding hydrogens is 483 g/mol. The van der Waals surface area contributed by atoms with Crippen LogP contribution in [0.1, 0.15) is 28.8 Å². The van der Waals surface area contributed by atoms with E-state index in [1.807, 2.05) is 25.1 Å². The second kappa shape index (κ2) is 10.7. The quantitative estimate of drug-likeness (QED) is 0.406. The van der Waals surface area contributed by atoms with Gasteiger partial charge in [-0.3, -0.25) is 9.78 Å². The molecule has 1 atom stereocenters. The van der Waals surface area contributed by atoms with Crippen LogP contribution in [-0.2, 0) is 0 Å². The first-order valence-electron chi connectivity index (χ1n) is 11.2. The maximum Gasteiger partial charge on any atom is 0.257 e. The maximum absolute atomic E-state index is 14.4. The molecular formula is C25H25FN6O3S. The van der Waals surface area contributed by atoms with Gasteiger partial charge in [-0.2, -0.15) is 13.5 Å². The van der Waals surface area contributed by atoms with Crippen molar-refractivity contribution >= 4 is 36.1 Å². The molecule has 36 heavy (non-hydrogen) atoms. The number of halogens is 1.